The van der Waals surface area contributed by atoms with E-state index in [9.17, 15) is 4.79 Å². The van der Waals surface area contributed by atoms with Gasteiger partial charge in [-0.1, -0.05) is 17.7 Å². The van der Waals surface area contributed by atoms with E-state index in [1.165, 1.54) is 0 Å². The number of ether oxygens (including phenoxy) is 1. The van der Waals surface area contributed by atoms with E-state index < -0.39 is 5.97 Å². The van der Waals surface area contributed by atoms with Gasteiger partial charge in [0.25, 0.3) is 5.82 Å². The lowest BCUT2D eigenvalue weighted by Crippen LogP contribution is -3.00. The average molecular weight is 503 g/mol. The number of fused-ring (bicyclic) bond motifs is 1. The quantitative estimate of drug-likeness (QED) is 0.262. The number of carbonyl (C=O) groups is 1. The van der Waals surface area contributed by atoms with E-state index in [0.717, 1.165) is 29.0 Å². The van der Waals surface area contributed by atoms with Gasteiger partial charge in [-0.25, -0.2) is 23.9 Å². The third-order valence-corrected chi connectivity index (χ3v) is 4.51. The van der Waals surface area contributed by atoms with E-state index in [4.69, 9.17) is 27.8 Å². The molecule has 27 heavy (non-hydrogen) atoms. The summed E-state index contributed by atoms with van der Waals surface area (Å²) in [6.45, 7) is 4.87. The highest BCUT2D eigenvalue weighted by atomic mass is 127. The Balaban J connectivity index is 0.00000261. The smallest absolute Gasteiger partial charge is 0.361 e. The van der Waals surface area contributed by atoms with Crippen molar-refractivity contribution in [1.29, 1.82) is 0 Å². The molecule has 1 aromatic carbocycles. The molecule has 0 aliphatic heterocycles. The van der Waals surface area contributed by atoms with E-state index in [1.807, 2.05) is 37.6 Å². The summed E-state index contributed by atoms with van der Waals surface area (Å²) in [5, 5.41) is -0.0881. The molecule has 0 radical (unpaired) electrons. The van der Waals surface area contributed by atoms with Crippen molar-refractivity contribution in [3.05, 3.63) is 40.4 Å². The molecule has 0 saturated carbocycles. The maximum atomic E-state index is 12.4. The summed E-state index contributed by atoms with van der Waals surface area (Å²) in [4.78, 5) is 20.0. The lowest BCUT2D eigenvalue weighted by Gasteiger charge is -2.06. The molecule has 3 aromatic rings. The van der Waals surface area contributed by atoms with E-state index in [-0.39, 0.29) is 53.1 Å². The summed E-state index contributed by atoms with van der Waals surface area (Å²) in [5.74, 6) is -0.0166. The van der Waals surface area contributed by atoms with Crippen LogP contribution >= 0.6 is 11.6 Å². The molecule has 144 valence electrons. The van der Waals surface area contributed by atoms with Crippen molar-refractivity contribution in [3.63, 3.8) is 0 Å². The van der Waals surface area contributed by atoms with Gasteiger partial charge in [0.15, 0.2) is 40.1 Å². The third-order valence-electron chi connectivity index (χ3n) is 4.23. The second-order valence-corrected chi connectivity index (χ2v) is 6.28. The van der Waals surface area contributed by atoms with Crippen LogP contribution in [0.4, 0.5) is 11.6 Å². The van der Waals surface area contributed by atoms with Gasteiger partial charge in [-0.05, 0) is 31.5 Å². The molecule has 4 N–H and O–H groups in total. The van der Waals surface area contributed by atoms with Crippen LogP contribution in [0.25, 0.3) is 11.0 Å². The molecule has 0 amide bonds. The standard InChI is InChI=1S/C17H19ClN6O2.HI/c1-4-24-11-7-9(2)5-6-10(11)23(3)12(24)8-26-17(25)13-15(19)22-16(20)14(18)21-13;/h5-7H,4,8H2,1-3H3,(H3-,19,20,22,25);1H. The number of hydrogen-bond donors (Lipinski definition) is 2. The molecule has 0 spiro atoms. The summed E-state index contributed by atoms with van der Waals surface area (Å²) in [6.07, 6.45) is 0. The first-order valence-corrected chi connectivity index (χ1v) is 8.44. The van der Waals surface area contributed by atoms with Crippen molar-refractivity contribution in [2.45, 2.75) is 27.0 Å². The molecular weight excluding hydrogens is 483 g/mol. The van der Waals surface area contributed by atoms with Crippen LogP contribution in [0.5, 0.6) is 0 Å². The van der Waals surface area contributed by atoms with Gasteiger partial charge in [-0.3, -0.25) is 0 Å². The van der Waals surface area contributed by atoms with Crippen LogP contribution in [0.1, 0.15) is 28.8 Å². The zero-order chi connectivity index (χ0) is 19.0. The first-order valence-electron chi connectivity index (χ1n) is 8.06. The Morgan fingerprint density at radius 3 is 2.67 bits per heavy atom. The highest BCUT2D eigenvalue weighted by molar-refractivity contribution is 6.31. The third kappa shape index (κ3) is 3.93. The number of anilines is 2. The Morgan fingerprint density at radius 2 is 2.00 bits per heavy atom. The largest absolute Gasteiger partial charge is 1.00 e. The minimum absolute atomic E-state index is 0. The molecule has 8 nitrogen and oxygen atoms in total. The first-order chi connectivity index (χ1) is 12.3. The van der Waals surface area contributed by atoms with E-state index >= 15 is 0 Å². The lowest BCUT2D eigenvalue weighted by atomic mass is 10.2. The number of benzene rings is 1. The maximum absolute atomic E-state index is 12.4. The predicted octanol–water partition coefficient (Wildman–Crippen LogP) is -1.24. The highest BCUT2D eigenvalue weighted by Gasteiger charge is 2.25. The van der Waals surface area contributed by atoms with Gasteiger partial charge in [0.1, 0.15) is 0 Å². The number of esters is 1. The molecule has 2 heterocycles. The molecule has 0 fully saturated rings. The normalized spacial score (nSPS) is 10.7. The number of carbonyl (C=O) groups excluding carboxylic acids is 1. The molecular formula is C17H20ClIN6O2. The van der Waals surface area contributed by atoms with Crippen molar-refractivity contribution >= 4 is 40.2 Å². The number of nitrogens with zero attached hydrogens (tertiary/aromatic N) is 4. The van der Waals surface area contributed by atoms with Gasteiger partial charge in [-0.15, -0.1) is 0 Å². The van der Waals surface area contributed by atoms with Crippen LogP contribution in [-0.2, 0) is 24.9 Å². The van der Waals surface area contributed by atoms with Gasteiger partial charge < -0.3 is 40.2 Å². The number of rotatable bonds is 4. The molecule has 2 aromatic heterocycles. The number of aryl methyl sites for hydroxylation is 3. The number of nitrogen functional groups attached to an aromatic ring is 2. The molecule has 0 bridgehead atoms. The van der Waals surface area contributed by atoms with Crippen LogP contribution in [-0.4, -0.2) is 20.5 Å². The van der Waals surface area contributed by atoms with Gasteiger partial charge in [0, 0.05) is 0 Å². The van der Waals surface area contributed by atoms with E-state index in [2.05, 4.69) is 20.6 Å². The van der Waals surface area contributed by atoms with Crippen LogP contribution in [0.2, 0.25) is 5.15 Å². The maximum Gasteiger partial charge on any atom is 0.361 e. The number of hydrogen-bond acceptors (Lipinski definition) is 6. The van der Waals surface area contributed by atoms with Gasteiger partial charge >= 0.3 is 5.97 Å². The Bertz CT molecular complexity index is 1020. The molecule has 0 atom stereocenters. The molecule has 0 saturated heterocycles. The lowest BCUT2D eigenvalue weighted by molar-refractivity contribution is -0.656. The summed E-state index contributed by atoms with van der Waals surface area (Å²) in [5.41, 5.74) is 14.4. The minimum atomic E-state index is -0.707. The van der Waals surface area contributed by atoms with Crippen LogP contribution in [0.3, 0.4) is 0 Å². The molecule has 0 unspecified atom stereocenters. The zero-order valence-electron chi connectivity index (χ0n) is 15.2. The van der Waals surface area contributed by atoms with Crippen LogP contribution in [0, 0.1) is 6.92 Å². The highest BCUT2D eigenvalue weighted by Crippen LogP contribution is 2.20. The Hall–Kier alpha value is -2.14. The molecule has 0 aliphatic rings. The number of halogens is 2. The Labute approximate surface area is 178 Å². The molecule has 3 rings (SSSR count). The Morgan fingerprint density at radius 1 is 1.30 bits per heavy atom. The SMILES string of the molecule is CCn1c(COC(=O)c2nc(Cl)c(N)nc2N)[n+](C)c2ccc(C)cc21.[I-]. The fraction of sp³-hybridized carbons (Fsp3) is 0.294. The topological polar surface area (TPSA) is 113 Å². The van der Waals surface area contributed by atoms with Crippen molar-refractivity contribution < 1.29 is 38.1 Å². The first kappa shape index (κ1) is 21.2. The fourth-order valence-corrected chi connectivity index (χ4v) is 3.04. The van der Waals surface area contributed by atoms with Gasteiger partial charge in [0.05, 0.1) is 13.6 Å². The van der Waals surface area contributed by atoms with Gasteiger partial charge in [-0.2, -0.15) is 0 Å². The van der Waals surface area contributed by atoms with E-state index in [0.29, 0.717) is 0 Å². The van der Waals surface area contributed by atoms with Gasteiger partial charge in [0.2, 0.25) is 0 Å². The fourth-order valence-electron chi connectivity index (χ4n) is 2.91. The van der Waals surface area contributed by atoms with Crippen LogP contribution < -0.4 is 40.0 Å². The van der Waals surface area contributed by atoms with Crippen molar-refractivity contribution in [2.75, 3.05) is 11.5 Å². The number of aromatic nitrogens is 4. The predicted molar refractivity (Wildman–Crippen MR) is 98.5 cm³/mol. The zero-order valence-corrected chi connectivity index (χ0v) is 18.1. The second-order valence-electron chi connectivity index (χ2n) is 5.92. The number of imidazole rings is 1. The molecule has 0 aliphatic carbocycles. The summed E-state index contributed by atoms with van der Waals surface area (Å²) < 4.78 is 9.50. The molecule has 10 heteroatoms. The second kappa shape index (κ2) is 8.26. The summed E-state index contributed by atoms with van der Waals surface area (Å²) >= 11 is 5.82. The van der Waals surface area contributed by atoms with Crippen molar-refractivity contribution in [2.24, 2.45) is 7.05 Å². The average Bonchev–Trinajstić information content (AvgIpc) is 2.86. The van der Waals surface area contributed by atoms with Crippen molar-refractivity contribution in [3.8, 4) is 0 Å². The van der Waals surface area contributed by atoms with Crippen molar-refractivity contribution in [1.82, 2.24) is 14.5 Å². The number of nitrogens with two attached hydrogens (primary N) is 2. The monoisotopic (exact) mass is 502 g/mol. The summed E-state index contributed by atoms with van der Waals surface area (Å²) in [7, 11) is 1.93. The van der Waals surface area contributed by atoms with Crippen LogP contribution in [0.15, 0.2) is 18.2 Å². The summed E-state index contributed by atoms with van der Waals surface area (Å²) in [6, 6.07) is 6.20. The van der Waals surface area contributed by atoms with E-state index in [1.54, 1.807) is 0 Å². The Kier molecular flexibility index (Phi) is 6.47. The minimum Gasteiger partial charge on any atom is -1.00 e.